The lowest BCUT2D eigenvalue weighted by Crippen LogP contribution is -2.54. The van der Waals surface area contributed by atoms with Gasteiger partial charge in [-0.1, -0.05) is 18.2 Å². The molecule has 1 aromatic carbocycles. The van der Waals surface area contributed by atoms with Gasteiger partial charge in [0.05, 0.1) is 17.9 Å². The van der Waals surface area contributed by atoms with Crippen LogP contribution in [0.1, 0.15) is 44.9 Å². The number of nitrogens with zero attached hydrogens (tertiary/aromatic N) is 3. The molecule has 0 spiro atoms. The van der Waals surface area contributed by atoms with Crippen molar-refractivity contribution in [3.63, 3.8) is 0 Å². The Bertz CT molecular complexity index is 1190. The van der Waals surface area contributed by atoms with E-state index in [9.17, 15) is 9.59 Å². The van der Waals surface area contributed by atoms with Crippen molar-refractivity contribution < 1.29 is 4.79 Å². The lowest BCUT2D eigenvalue weighted by atomic mass is 9.53. The molecule has 3 aromatic rings. The second kappa shape index (κ2) is 7.50. The van der Waals surface area contributed by atoms with Crippen LogP contribution in [0.25, 0.3) is 5.65 Å². The molecule has 7 nitrogen and oxygen atoms in total. The third kappa shape index (κ3) is 3.49. The van der Waals surface area contributed by atoms with Gasteiger partial charge in [0.2, 0.25) is 5.91 Å². The number of para-hydroxylation sites is 2. The first kappa shape index (κ1) is 19.6. The molecule has 7 heteroatoms. The molecular formula is C25H29N5O2. The Morgan fingerprint density at radius 3 is 2.31 bits per heavy atom. The number of amides is 1. The lowest BCUT2D eigenvalue weighted by molar-refractivity contribution is -0.116. The molecule has 1 amide bonds. The third-order valence-corrected chi connectivity index (χ3v) is 7.68. The van der Waals surface area contributed by atoms with Crippen LogP contribution in [0.5, 0.6) is 0 Å². The first-order chi connectivity index (χ1) is 15.6. The fourth-order valence-corrected chi connectivity index (χ4v) is 6.78. The summed E-state index contributed by atoms with van der Waals surface area (Å²) in [5.41, 5.74) is 2.36. The highest BCUT2D eigenvalue weighted by atomic mass is 16.2. The van der Waals surface area contributed by atoms with Crippen molar-refractivity contribution in [2.24, 2.45) is 17.8 Å². The maximum atomic E-state index is 12.7. The topological polar surface area (TPSA) is 80.4 Å². The summed E-state index contributed by atoms with van der Waals surface area (Å²) in [5.74, 6) is 2.46. The van der Waals surface area contributed by atoms with Crippen LogP contribution >= 0.6 is 0 Å². The minimum Gasteiger partial charge on any atom is -0.378 e. The van der Waals surface area contributed by atoms with Crippen molar-refractivity contribution in [3.8, 4) is 0 Å². The summed E-state index contributed by atoms with van der Waals surface area (Å²) >= 11 is 0. The fraction of sp³-hybridized carbons (Fsp3) is 0.480. The zero-order valence-electron chi connectivity index (χ0n) is 18.2. The Labute approximate surface area is 186 Å². The summed E-state index contributed by atoms with van der Waals surface area (Å²) in [4.78, 5) is 25.2. The van der Waals surface area contributed by atoms with Crippen LogP contribution in [0.2, 0.25) is 0 Å². The molecule has 0 aliphatic heterocycles. The van der Waals surface area contributed by atoms with Gasteiger partial charge in [-0.25, -0.2) is 9.48 Å². The Hall–Kier alpha value is -3.09. The van der Waals surface area contributed by atoms with Crippen molar-refractivity contribution in [1.82, 2.24) is 14.2 Å². The normalized spacial score (nSPS) is 28.2. The van der Waals surface area contributed by atoms with Crippen LogP contribution in [-0.2, 0) is 11.3 Å². The Morgan fingerprint density at radius 1 is 0.969 bits per heavy atom. The number of benzene rings is 1. The number of rotatable bonds is 6. The number of anilines is 2. The van der Waals surface area contributed by atoms with Crippen molar-refractivity contribution >= 4 is 22.9 Å². The molecule has 166 valence electrons. The lowest BCUT2D eigenvalue weighted by Gasteiger charge is -2.57. The molecule has 4 bridgehead atoms. The van der Waals surface area contributed by atoms with E-state index in [0.717, 1.165) is 29.1 Å². The van der Waals surface area contributed by atoms with E-state index in [2.05, 4.69) is 21.8 Å². The summed E-state index contributed by atoms with van der Waals surface area (Å²) in [5, 5.41) is 11.2. The number of carbonyl (C=O) groups is 1. The van der Waals surface area contributed by atoms with Gasteiger partial charge in [-0.3, -0.25) is 9.20 Å². The van der Waals surface area contributed by atoms with Gasteiger partial charge < -0.3 is 10.6 Å². The van der Waals surface area contributed by atoms with E-state index >= 15 is 0 Å². The fourth-order valence-electron chi connectivity index (χ4n) is 6.78. The maximum Gasteiger partial charge on any atom is 0.350 e. The van der Waals surface area contributed by atoms with E-state index in [1.807, 2.05) is 24.3 Å². The molecule has 0 unspecified atom stereocenters. The largest absolute Gasteiger partial charge is 0.378 e. The van der Waals surface area contributed by atoms with Crippen LogP contribution in [0.4, 0.5) is 11.4 Å². The van der Waals surface area contributed by atoms with Crippen molar-refractivity contribution in [2.45, 2.75) is 57.0 Å². The number of fused-ring (bicyclic) bond motifs is 1. The highest BCUT2D eigenvalue weighted by molar-refractivity contribution is 5.94. The van der Waals surface area contributed by atoms with Crippen molar-refractivity contribution in [3.05, 3.63) is 59.1 Å². The Morgan fingerprint density at radius 2 is 1.62 bits per heavy atom. The van der Waals surface area contributed by atoms with Gasteiger partial charge in [0, 0.05) is 18.2 Å². The summed E-state index contributed by atoms with van der Waals surface area (Å²) in [6.07, 6.45) is 9.84. The molecule has 2 aromatic heterocycles. The second-order valence-electron chi connectivity index (χ2n) is 10.1. The number of nitrogens with one attached hydrogen (secondary N) is 2. The van der Waals surface area contributed by atoms with Crippen LogP contribution in [-0.4, -0.2) is 25.6 Å². The molecule has 4 fully saturated rings. The number of hydrogen-bond donors (Lipinski definition) is 2. The predicted molar refractivity (Wildman–Crippen MR) is 124 cm³/mol. The van der Waals surface area contributed by atoms with Crippen LogP contribution in [0, 0.1) is 17.8 Å². The number of hydrogen-bond acceptors (Lipinski definition) is 4. The zero-order valence-corrected chi connectivity index (χ0v) is 18.2. The number of carbonyl (C=O) groups excluding carboxylic acids is 1. The number of pyridine rings is 1. The van der Waals surface area contributed by atoms with Crippen molar-refractivity contribution in [1.29, 1.82) is 0 Å². The third-order valence-electron chi connectivity index (χ3n) is 7.68. The molecule has 4 saturated carbocycles. The highest BCUT2D eigenvalue weighted by Crippen LogP contribution is 2.56. The monoisotopic (exact) mass is 431 g/mol. The molecule has 32 heavy (non-hydrogen) atoms. The molecule has 7 rings (SSSR count). The summed E-state index contributed by atoms with van der Waals surface area (Å²) < 4.78 is 2.84. The molecule has 0 radical (unpaired) electrons. The predicted octanol–water partition coefficient (Wildman–Crippen LogP) is 3.91. The molecule has 2 heterocycles. The molecule has 4 aliphatic rings. The van der Waals surface area contributed by atoms with Gasteiger partial charge in [0.1, 0.15) is 0 Å². The highest BCUT2D eigenvalue weighted by Gasteiger charge is 2.51. The van der Waals surface area contributed by atoms with E-state index in [0.29, 0.717) is 5.65 Å². The minimum atomic E-state index is -0.225. The van der Waals surface area contributed by atoms with Gasteiger partial charge in [0.15, 0.2) is 5.65 Å². The van der Waals surface area contributed by atoms with E-state index in [1.54, 1.807) is 18.3 Å². The number of aryl methyl sites for hydroxylation is 1. The molecule has 0 saturated heterocycles. The van der Waals surface area contributed by atoms with E-state index in [1.165, 1.54) is 47.6 Å². The van der Waals surface area contributed by atoms with Crippen molar-refractivity contribution in [2.75, 3.05) is 10.6 Å². The first-order valence-electron chi connectivity index (χ1n) is 11.8. The first-order valence-corrected chi connectivity index (χ1v) is 11.8. The molecule has 0 atom stereocenters. The molecular weight excluding hydrogens is 402 g/mol. The standard InChI is InChI=1S/C25H29N5O2/c31-23(8-10-30-24(32)29-9-4-3-7-22(29)28-30)26-20-5-1-2-6-21(20)27-25-14-17-11-18(15-25)13-19(12-17)16-25/h1-7,9,17-19,27H,8,10-16H2,(H,26,31). The minimum absolute atomic E-state index is 0.117. The van der Waals surface area contributed by atoms with Crippen LogP contribution in [0.15, 0.2) is 53.5 Å². The van der Waals surface area contributed by atoms with Gasteiger partial charge in [0.25, 0.3) is 0 Å². The average molecular weight is 432 g/mol. The summed E-state index contributed by atoms with van der Waals surface area (Å²) in [6, 6.07) is 13.4. The smallest absolute Gasteiger partial charge is 0.350 e. The average Bonchev–Trinajstić information content (AvgIpc) is 3.08. The van der Waals surface area contributed by atoms with Gasteiger partial charge in [-0.05, 0) is 80.5 Å². The summed E-state index contributed by atoms with van der Waals surface area (Å²) in [7, 11) is 0. The van der Waals surface area contributed by atoms with E-state index < -0.39 is 0 Å². The Kier molecular flexibility index (Phi) is 4.59. The van der Waals surface area contributed by atoms with Crippen LogP contribution < -0.4 is 16.3 Å². The van der Waals surface area contributed by atoms with Gasteiger partial charge in [-0.15, -0.1) is 5.10 Å². The molecule has 2 N–H and O–H groups in total. The summed E-state index contributed by atoms with van der Waals surface area (Å²) in [6.45, 7) is 0.247. The quantitative estimate of drug-likeness (QED) is 0.620. The SMILES string of the molecule is O=C(CCn1nc2ccccn2c1=O)Nc1ccccc1NC12CC3CC(CC(C3)C1)C2. The van der Waals surface area contributed by atoms with E-state index in [4.69, 9.17) is 0 Å². The van der Waals surface area contributed by atoms with Gasteiger partial charge in [-0.2, -0.15) is 0 Å². The van der Waals surface area contributed by atoms with Crippen LogP contribution in [0.3, 0.4) is 0 Å². The van der Waals surface area contributed by atoms with E-state index in [-0.39, 0.29) is 30.1 Å². The second-order valence-corrected chi connectivity index (χ2v) is 10.1. The Balaban J connectivity index is 1.15. The number of aromatic nitrogens is 3. The zero-order chi connectivity index (χ0) is 21.7. The van der Waals surface area contributed by atoms with Gasteiger partial charge >= 0.3 is 5.69 Å². The molecule has 4 aliphatic carbocycles. The maximum absolute atomic E-state index is 12.7.